The summed E-state index contributed by atoms with van der Waals surface area (Å²) >= 11 is 6.65. The van der Waals surface area contributed by atoms with Gasteiger partial charge in [-0.15, -0.1) is 0 Å². The van der Waals surface area contributed by atoms with Crippen molar-refractivity contribution >= 4 is 34.4 Å². The molecular weight excluding hydrogens is 440 g/mol. The lowest BCUT2D eigenvalue weighted by Crippen LogP contribution is -2.37. The minimum absolute atomic E-state index is 0.0766. The topological polar surface area (TPSA) is 26.4 Å². The molecule has 1 radical (unpaired) electrons. The molecule has 34 heavy (non-hydrogen) atoms. The highest BCUT2D eigenvalue weighted by Crippen LogP contribution is 2.40. The zero-order valence-corrected chi connectivity index (χ0v) is 22.8. The maximum absolute atomic E-state index is 12.8. The second-order valence-corrected chi connectivity index (χ2v) is 12.4. The van der Waals surface area contributed by atoms with E-state index < -0.39 is 5.54 Å². The second-order valence-electron chi connectivity index (χ2n) is 12.0. The lowest BCUT2D eigenvalue weighted by molar-refractivity contribution is 0.102. The van der Waals surface area contributed by atoms with Crippen molar-refractivity contribution in [2.75, 3.05) is 9.96 Å². The van der Waals surface area contributed by atoms with Crippen molar-refractivity contribution < 1.29 is 5.21 Å². The van der Waals surface area contributed by atoms with Gasteiger partial charge in [-0.3, -0.25) is 0 Å². The monoisotopic (exact) mass is 477 g/mol. The van der Waals surface area contributed by atoms with E-state index in [-0.39, 0.29) is 10.8 Å². The molecule has 0 bridgehead atoms. The van der Waals surface area contributed by atoms with E-state index in [0.29, 0.717) is 10.7 Å². The molecule has 0 aliphatic heterocycles. The molecule has 0 N–H and O–H groups in total. The molecule has 0 spiro atoms. The lowest BCUT2D eigenvalue weighted by atomic mass is 9.86. The van der Waals surface area contributed by atoms with Crippen LogP contribution in [-0.2, 0) is 16.0 Å². The number of benzene rings is 3. The molecule has 0 saturated heterocycles. The molecule has 181 valence electrons. The van der Waals surface area contributed by atoms with Gasteiger partial charge in [0.1, 0.15) is 0 Å². The van der Waals surface area contributed by atoms with Crippen LogP contribution in [0.15, 0.2) is 66.7 Å². The largest absolute Gasteiger partial charge is 0.310 e. The summed E-state index contributed by atoms with van der Waals surface area (Å²) < 4.78 is 0. The van der Waals surface area contributed by atoms with E-state index in [4.69, 9.17) is 11.6 Å². The quantitative estimate of drug-likeness (QED) is 0.350. The lowest BCUT2D eigenvalue weighted by Gasteiger charge is -2.31. The average Bonchev–Trinajstić information content (AvgIpc) is 2.72. The van der Waals surface area contributed by atoms with Crippen LogP contribution >= 0.6 is 11.6 Å². The van der Waals surface area contributed by atoms with Gasteiger partial charge in [0, 0.05) is 17.1 Å². The number of nitrogens with zero attached hydrogens (tertiary/aromatic N) is 2. The maximum atomic E-state index is 12.8. The molecular formula is C30H38ClN2O. The smallest absolute Gasteiger partial charge is 0.0861 e. The zero-order valence-electron chi connectivity index (χ0n) is 22.0. The Balaban J connectivity index is 2.11. The summed E-state index contributed by atoms with van der Waals surface area (Å²) in [6.07, 6.45) is 0. The van der Waals surface area contributed by atoms with Gasteiger partial charge in [-0.05, 0) is 85.2 Å². The van der Waals surface area contributed by atoms with Gasteiger partial charge in [-0.2, -0.15) is 0 Å². The number of hydrogen-bond acceptors (Lipinski definition) is 2. The fraction of sp³-hybridized carbons (Fsp3) is 0.400. The number of hydroxylamine groups is 1. The van der Waals surface area contributed by atoms with E-state index in [1.165, 1.54) is 11.1 Å². The van der Waals surface area contributed by atoms with Gasteiger partial charge >= 0.3 is 0 Å². The summed E-state index contributed by atoms with van der Waals surface area (Å²) in [5.41, 5.74) is 5.59. The Morgan fingerprint density at radius 1 is 0.588 bits per heavy atom. The molecule has 0 aliphatic carbocycles. The SMILES string of the molecule is CC(C)(C)c1ccc(N(c2ccc(C(C)(C)C)cc2)c2ccc(N([O])C(C)(C)C)c(Cl)c2)cc1. The Hall–Kier alpha value is -2.49. The predicted octanol–water partition coefficient (Wildman–Crippen LogP) is 9.36. The zero-order chi connectivity index (χ0) is 25.5. The minimum Gasteiger partial charge on any atom is -0.310 e. The van der Waals surface area contributed by atoms with Gasteiger partial charge in [0.25, 0.3) is 0 Å². The average molecular weight is 478 g/mol. The van der Waals surface area contributed by atoms with Gasteiger partial charge in [-0.25, -0.2) is 5.06 Å². The van der Waals surface area contributed by atoms with E-state index in [1.54, 1.807) is 0 Å². The van der Waals surface area contributed by atoms with Crippen LogP contribution in [-0.4, -0.2) is 5.54 Å². The molecule has 0 fully saturated rings. The molecule has 0 aliphatic rings. The summed E-state index contributed by atoms with van der Waals surface area (Å²) in [6, 6.07) is 23.0. The molecule has 3 nitrogen and oxygen atoms in total. The van der Waals surface area contributed by atoms with Crippen molar-refractivity contribution in [1.82, 2.24) is 0 Å². The van der Waals surface area contributed by atoms with Gasteiger partial charge in [0.05, 0.1) is 16.2 Å². The van der Waals surface area contributed by atoms with Crippen LogP contribution in [0.3, 0.4) is 0 Å². The molecule has 0 atom stereocenters. The van der Waals surface area contributed by atoms with Crippen molar-refractivity contribution in [3.63, 3.8) is 0 Å². The van der Waals surface area contributed by atoms with Gasteiger partial charge in [0.15, 0.2) is 0 Å². The van der Waals surface area contributed by atoms with Crippen LogP contribution in [0, 0.1) is 0 Å². The fourth-order valence-electron chi connectivity index (χ4n) is 3.83. The first-order valence-corrected chi connectivity index (χ1v) is 12.2. The Kier molecular flexibility index (Phi) is 7.13. The van der Waals surface area contributed by atoms with Crippen molar-refractivity contribution in [1.29, 1.82) is 0 Å². The summed E-state index contributed by atoms with van der Waals surface area (Å²) in [5, 5.41) is 14.2. The van der Waals surface area contributed by atoms with Gasteiger partial charge < -0.3 is 4.90 Å². The van der Waals surface area contributed by atoms with Crippen LogP contribution in [0.1, 0.15) is 73.4 Å². The van der Waals surface area contributed by atoms with E-state index >= 15 is 0 Å². The maximum Gasteiger partial charge on any atom is 0.0861 e. The van der Waals surface area contributed by atoms with Gasteiger partial charge in [-0.1, -0.05) is 82.6 Å². The van der Waals surface area contributed by atoms with E-state index in [2.05, 4.69) is 95.0 Å². The highest BCUT2D eigenvalue weighted by atomic mass is 35.5. The number of halogens is 1. The number of rotatable bonds is 4. The first-order chi connectivity index (χ1) is 15.6. The van der Waals surface area contributed by atoms with Crippen molar-refractivity contribution in [3.05, 3.63) is 82.9 Å². The normalized spacial score (nSPS) is 12.6. The van der Waals surface area contributed by atoms with Crippen LogP contribution < -0.4 is 9.96 Å². The third kappa shape index (κ3) is 5.76. The third-order valence-electron chi connectivity index (χ3n) is 6.00. The summed E-state index contributed by atoms with van der Waals surface area (Å²) in [7, 11) is 0. The van der Waals surface area contributed by atoms with E-state index in [0.717, 1.165) is 22.1 Å². The Morgan fingerprint density at radius 2 is 0.971 bits per heavy atom. The minimum atomic E-state index is -0.573. The molecule has 0 amide bonds. The molecule has 3 rings (SSSR count). The van der Waals surface area contributed by atoms with E-state index in [9.17, 15) is 5.21 Å². The molecule has 3 aromatic carbocycles. The molecule has 0 aromatic heterocycles. The van der Waals surface area contributed by atoms with Crippen LogP contribution in [0.4, 0.5) is 22.7 Å². The molecule has 0 unspecified atom stereocenters. The Labute approximate surface area is 210 Å². The van der Waals surface area contributed by atoms with Crippen LogP contribution in [0.5, 0.6) is 0 Å². The van der Waals surface area contributed by atoms with Crippen LogP contribution in [0.2, 0.25) is 5.02 Å². The second kappa shape index (κ2) is 9.28. The van der Waals surface area contributed by atoms with Crippen molar-refractivity contribution in [2.24, 2.45) is 0 Å². The Morgan fingerprint density at radius 3 is 1.29 bits per heavy atom. The van der Waals surface area contributed by atoms with Crippen molar-refractivity contribution in [2.45, 2.75) is 78.7 Å². The summed E-state index contributed by atoms with van der Waals surface area (Å²) in [5.74, 6) is 0. The highest BCUT2D eigenvalue weighted by Gasteiger charge is 2.25. The number of anilines is 4. The first-order valence-electron chi connectivity index (χ1n) is 11.9. The molecule has 4 heteroatoms. The molecule has 0 heterocycles. The highest BCUT2D eigenvalue weighted by molar-refractivity contribution is 6.33. The number of hydrogen-bond donors (Lipinski definition) is 0. The third-order valence-corrected chi connectivity index (χ3v) is 6.30. The molecule has 0 saturated carbocycles. The molecule has 3 aromatic rings. The summed E-state index contributed by atoms with van der Waals surface area (Å²) in [4.78, 5) is 2.18. The van der Waals surface area contributed by atoms with Crippen LogP contribution in [0.25, 0.3) is 0 Å². The standard InChI is InChI=1S/C30H38ClN2O/c1-28(2,3)21-10-14-23(15-11-21)32(24-16-12-22(13-17-24)29(4,5)6)25-18-19-27(26(31)20-25)33(34)30(7,8)9/h10-20H,1-9H3. The predicted molar refractivity (Wildman–Crippen MR) is 146 cm³/mol. The van der Waals surface area contributed by atoms with E-state index in [1.807, 2.05) is 39.0 Å². The van der Waals surface area contributed by atoms with Gasteiger partial charge in [0.2, 0.25) is 0 Å². The van der Waals surface area contributed by atoms with Crippen molar-refractivity contribution in [3.8, 4) is 0 Å². The first kappa shape index (κ1) is 26.1. The fourth-order valence-corrected chi connectivity index (χ4v) is 4.08. The summed E-state index contributed by atoms with van der Waals surface area (Å²) in [6.45, 7) is 18.9. The Bertz CT molecular complexity index is 1060.